The second-order valence-electron chi connectivity index (χ2n) is 2.76. The first-order chi connectivity index (χ1) is 6.84. The normalized spacial score (nSPS) is 10.1. The van der Waals surface area contributed by atoms with Gasteiger partial charge in [-0.15, -0.1) is 5.10 Å². The SMILES string of the molecule is Ic1ccc(NCc2csnn2)cc1. The van der Waals surface area contributed by atoms with Gasteiger partial charge in [0.25, 0.3) is 0 Å². The fourth-order valence-corrected chi connectivity index (χ4v) is 1.83. The molecule has 1 aromatic carbocycles. The lowest BCUT2D eigenvalue weighted by molar-refractivity contribution is 0.999. The van der Waals surface area contributed by atoms with E-state index in [0.717, 1.165) is 17.9 Å². The molecule has 1 aromatic heterocycles. The lowest BCUT2D eigenvalue weighted by Crippen LogP contribution is -1.99. The first kappa shape index (κ1) is 9.85. The number of hydrogen-bond acceptors (Lipinski definition) is 4. The lowest BCUT2D eigenvalue weighted by atomic mass is 10.3. The molecule has 0 fully saturated rings. The Bertz CT molecular complexity index is 385. The highest BCUT2D eigenvalue weighted by molar-refractivity contribution is 14.1. The zero-order valence-corrected chi connectivity index (χ0v) is 10.2. The molecule has 0 aliphatic rings. The van der Waals surface area contributed by atoms with E-state index in [1.54, 1.807) is 0 Å². The van der Waals surface area contributed by atoms with E-state index in [-0.39, 0.29) is 0 Å². The zero-order chi connectivity index (χ0) is 9.80. The van der Waals surface area contributed by atoms with Crippen molar-refractivity contribution in [1.29, 1.82) is 0 Å². The molecule has 0 atom stereocenters. The van der Waals surface area contributed by atoms with E-state index < -0.39 is 0 Å². The molecule has 0 amide bonds. The summed E-state index contributed by atoms with van der Waals surface area (Å²) in [5, 5.41) is 9.17. The van der Waals surface area contributed by atoms with Gasteiger partial charge in [0.15, 0.2) is 0 Å². The van der Waals surface area contributed by atoms with Gasteiger partial charge in [0.05, 0.1) is 12.2 Å². The van der Waals surface area contributed by atoms with Gasteiger partial charge in [0.1, 0.15) is 0 Å². The molecule has 1 heterocycles. The molecule has 0 bridgehead atoms. The van der Waals surface area contributed by atoms with Gasteiger partial charge >= 0.3 is 0 Å². The van der Waals surface area contributed by atoms with E-state index in [9.17, 15) is 0 Å². The molecule has 0 spiro atoms. The molecular weight excluding hydrogens is 309 g/mol. The maximum atomic E-state index is 3.95. The first-order valence-corrected chi connectivity index (χ1v) is 6.01. The third-order valence-corrected chi connectivity index (χ3v) is 3.00. The van der Waals surface area contributed by atoms with Crippen molar-refractivity contribution in [2.75, 3.05) is 5.32 Å². The molecule has 0 aliphatic heterocycles. The Hall–Kier alpha value is -0.690. The van der Waals surface area contributed by atoms with Crippen molar-refractivity contribution in [2.24, 2.45) is 0 Å². The molecule has 0 aliphatic carbocycles. The second-order valence-corrected chi connectivity index (χ2v) is 4.61. The molecular formula is C9H8IN3S. The van der Waals surface area contributed by atoms with E-state index in [1.165, 1.54) is 15.1 Å². The Kier molecular flexibility index (Phi) is 3.30. The predicted molar refractivity (Wildman–Crippen MR) is 66.4 cm³/mol. The Labute approximate surface area is 99.9 Å². The quantitative estimate of drug-likeness (QED) is 0.885. The van der Waals surface area contributed by atoms with Crippen LogP contribution < -0.4 is 5.32 Å². The van der Waals surface area contributed by atoms with Crippen LogP contribution in [-0.4, -0.2) is 9.59 Å². The summed E-state index contributed by atoms with van der Waals surface area (Å²) in [6.45, 7) is 0.733. The molecule has 3 nitrogen and oxygen atoms in total. The van der Waals surface area contributed by atoms with Gasteiger partial charge in [0, 0.05) is 14.6 Å². The van der Waals surface area contributed by atoms with Crippen molar-refractivity contribution in [3.8, 4) is 0 Å². The molecule has 1 N–H and O–H groups in total. The van der Waals surface area contributed by atoms with Gasteiger partial charge in [-0.05, 0) is 58.4 Å². The molecule has 72 valence electrons. The number of nitrogens with zero attached hydrogens (tertiary/aromatic N) is 2. The van der Waals surface area contributed by atoms with E-state index in [4.69, 9.17) is 0 Å². The minimum atomic E-state index is 0.733. The van der Waals surface area contributed by atoms with Gasteiger partial charge in [0.2, 0.25) is 0 Å². The van der Waals surface area contributed by atoms with Gasteiger partial charge in [-0.2, -0.15) is 0 Å². The standard InChI is InChI=1S/C9H8IN3S/c10-7-1-3-8(4-2-7)11-5-9-6-14-13-12-9/h1-4,6,11H,5H2. The number of benzene rings is 1. The molecule has 14 heavy (non-hydrogen) atoms. The van der Waals surface area contributed by atoms with E-state index in [0.29, 0.717) is 0 Å². The van der Waals surface area contributed by atoms with Gasteiger partial charge in [-0.3, -0.25) is 0 Å². The molecule has 2 aromatic rings. The number of halogens is 1. The third kappa shape index (κ3) is 2.65. The van der Waals surface area contributed by atoms with Crippen molar-refractivity contribution in [2.45, 2.75) is 6.54 Å². The second kappa shape index (κ2) is 4.70. The van der Waals surface area contributed by atoms with Crippen molar-refractivity contribution in [3.05, 3.63) is 38.9 Å². The average Bonchev–Trinajstić information content (AvgIpc) is 2.70. The summed E-state index contributed by atoms with van der Waals surface area (Å²) in [6, 6.07) is 8.26. The maximum Gasteiger partial charge on any atom is 0.0946 e. The average molecular weight is 317 g/mol. The monoisotopic (exact) mass is 317 g/mol. The minimum absolute atomic E-state index is 0.733. The van der Waals surface area contributed by atoms with Crippen molar-refractivity contribution >= 4 is 39.8 Å². The number of rotatable bonds is 3. The summed E-state index contributed by atoms with van der Waals surface area (Å²) in [6.07, 6.45) is 0. The zero-order valence-electron chi connectivity index (χ0n) is 7.27. The number of hydrogen-bond donors (Lipinski definition) is 1. The number of anilines is 1. The van der Waals surface area contributed by atoms with Gasteiger partial charge < -0.3 is 5.32 Å². The third-order valence-electron chi connectivity index (χ3n) is 1.72. The Balaban J connectivity index is 1.95. The highest BCUT2D eigenvalue weighted by Gasteiger charge is 1.96. The van der Waals surface area contributed by atoms with Crippen LogP contribution in [0.4, 0.5) is 5.69 Å². The van der Waals surface area contributed by atoms with Crippen molar-refractivity contribution < 1.29 is 0 Å². The van der Waals surface area contributed by atoms with Crippen LogP contribution in [-0.2, 0) is 6.54 Å². The van der Waals surface area contributed by atoms with Crippen LogP contribution in [0.25, 0.3) is 0 Å². The summed E-state index contributed by atoms with van der Waals surface area (Å²) < 4.78 is 5.04. The predicted octanol–water partition coefficient (Wildman–Crippen LogP) is 2.75. The highest BCUT2D eigenvalue weighted by atomic mass is 127. The topological polar surface area (TPSA) is 37.8 Å². The summed E-state index contributed by atoms with van der Waals surface area (Å²) in [7, 11) is 0. The van der Waals surface area contributed by atoms with E-state index in [1.807, 2.05) is 5.38 Å². The Morgan fingerprint density at radius 2 is 2.07 bits per heavy atom. The van der Waals surface area contributed by atoms with Crippen molar-refractivity contribution in [3.63, 3.8) is 0 Å². The van der Waals surface area contributed by atoms with Gasteiger partial charge in [-0.1, -0.05) is 4.49 Å². The molecule has 0 saturated heterocycles. The molecule has 5 heteroatoms. The van der Waals surface area contributed by atoms with Crippen molar-refractivity contribution in [1.82, 2.24) is 9.59 Å². The summed E-state index contributed by atoms with van der Waals surface area (Å²) in [5.41, 5.74) is 2.09. The highest BCUT2D eigenvalue weighted by Crippen LogP contribution is 2.12. The van der Waals surface area contributed by atoms with Crippen LogP contribution >= 0.6 is 34.1 Å². The number of aromatic nitrogens is 2. The smallest absolute Gasteiger partial charge is 0.0946 e. The van der Waals surface area contributed by atoms with Crippen LogP contribution in [0, 0.1) is 3.57 Å². The number of nitrogens with one attached hydrogen (secondary N) is 1. The maximum absolute atomic E-state index is 3.95. The summed E-state index contributed by atoms with van der Waals surface area (Å²) in [4.78, 5) is 0. The summed E-state index contributed by atoms with van der Waals surface area (Å²) >= 11 is 3.66. The van der Waals surface area contributed by atoms with Crippen LogP contribution in [0.1, 0.15) is 5.69 Å². The van der Waals surface area contributed by atoms with Crippen LogP contribution in [0.3, 0.4) is 0 Å². The fourth-order valence-electron chi connectivity index (χ4n) is 1.02. The Morgan fingerprint density at radius 1 is 1.29 bits per heavy atom. The first-order valence-electron chi connectivity index (χ1n) is 4.10. The van der Waals surface area contributed by atoms with Gasteiger partial charge in [-0.25, -0.2) is 0 Å². The van der Waals surface area contributed by atoms with E-state index in [2.05, 4.69) is 61.8 Å². The van der Waals surface area contributed by atoms with Crippen LogP contribution in [0.2, 0.25) is 0 Å². The Morgan fingerprint density at radius 3 is 2.71 bits per heavy atom. The van der Waals surface area contributed by atoms with E-state index >= 15 is 0 Å². The summed E-state index contributed by atoms with van der Waals surface area (Å²) in [5.74, 6) is 0. The molecule has 0 radical (unpaired) electrons. The lowest BCUT2D eigenvalue weighted by Gasteiger charge is -2.03. The minimum Gasteiger partial charge on any atom is -0.379 e. The largest absolute Gasteiger partial charge is 0.379 e. The molecule has 0 saturated carbocycles. The molecule has 0 unspecified atom stereocenters. The van der Waals surface area contributed by atoms with Crippen LogP contribution in [0.5, 0.6) is 0 Å². The molecule has 2 rings (SSSR count). The van der Waals surface area contributed by atoms with Crippen LogP contribution in [0.15, 0.2) is 29.6 Å². The fraction of sp³-hybridized carbons (Fsp3) is 0.111.